The van der Waals surface area contributed by atoms with E-state index in [-0.39, 0.29) is 12.1 Å². The summed E-state index contributed by atoms with van der Waals surface area (Å²) in [6.07, 6.45) is 2.57. The van der Waals surface area contributed by atoms with Crippen molar-refractivity contribution in [1.82, 2.24) is 10.2 Å². The van der Waals surface area contributed by atoms with Crippen LogP contribution >= 0.6 is 0 Å². The Hall–Kier alpha value is -2.95. The molecule has 0 saturated carbocycles. The highest BCUT2D eigenvalue weighted by atomic mass is 16.3. The lowest BCUT2D eigenvalue weighted by Gasteiger charge is -2.27. The van der Waals surface area contributed by atoms with Gasteiger partial charge in [0.1, 0.15) is 6.04 Å². The molecule has 1 fully saturated rings. The zero-order valence-electron chi connectivity index (χ0n) is 19.2. The molecule has 4 rings (SSSR count). The molecular weight excluding hydrogens is 408 g/mol. The summed E-state index contributed by atoms with van der Waals surface area (Å²) in [5.41, 5.74) is 3.18. The highest BCUT2D eigenvalue weighted by molar-refractivity contribution is 5.85. The zero-order chi connectivity index (χ0) is 23.0. The molecule has 171 valence electrons. The third-order valence-corrected chi connectivity index (χ3v) is 6.38. The standard InChI is InChI=1S/C29H33N2O2/c1-2-3-19-26-30-27(29(33)31(26)21-23-15-9-5-10-16-23)28(32)25(24-17-11-6-12-18-24)20-22-13-7-4-8-14-22/h4-18,26-28,30,32H,2-3,19-21H2,1H3/t26?,27-,28+/m0/s1. The van der Waals surface area contributed by atoms with Crippen molar-refractivity contribution in [3.8, 4) is 0 Å². The van der Waals surface area contributed by atoms with Crippen LogP contribution in [0.15, 0.2) is 91.0 Å². The van der Waals surface area contributed by atoms with Gasteiger partial charge in [-0.15, -0.1) is 0 Å². The van der Waals surface area contributed by atoms with Crippen molar-refractivity contribution in [2.45, 2.75) is 57.5 Å². The fraction of sp³-hybridized carbons (Fsp3) is 0.310. The lowest BCUT2D eigenvalue weighted by Crippen LogP contribution is -2.45. The zero-order valence-corrected chi connectivity index (χ0v) is 19.2. The third-order valence-electron chi connectivity index (χ3n) is 6.38. The van der Waals surface area contributed by atoms with E-state index in [1.165, 1.54) is 0 Å². The highest BCUT2D eigenvalue weighted by Crippen LogP contribution is 2.30. The first-order valence-corrected chi connectivity index (χ1v) is 11.9. The fourth-order valence-electron chi connectivity index (χ4n) is 4.58. The number of rotatable bonds is 10. The largest absolute Gasteiger partial charge is 0.390 e. The molecular formula is C29H33N2O2. The summed E-state index contributed by atoms with van der Waals surface area (Å²) in [5.74, 6) is 0.831. The van der Waals surface area contributed by atoms with Crippen molar-refractivity contribution < 1.29 is 9.90 Å². The molecule has 1 saturated heterocycles. The molecule has 1 aliphatic rings. The second-order valence-corrected chi connectivity index (χ2v) is 8.75. The maximum atomic E-state index is 13.6. The summed E-state index contributed by atoms with van der Waals surface area (Å²) in [4.78, 5) is 15.5. The van der Waals surface area contributed by atoms with Gasteiger partial charge in [0.15, 0.2) is 0 Å². The molecule has 1 unspecified atom stereocenters. The smallest absolute Gasteiger partial charge is 0.244 e. The summed E-state index contributed by atoms with van der Waals surface area (Å²) in [6, 6.07) is 29.5. The highest BCUT2D eigenvalue weighted by Gasteiger charge is 2.44. The summed E-state index contributed by atoms with van der Waals surface area (Å²) in [5, 5.41) is 15.1. The van der Waals surface area contributed by atoms with Crippen molar-refractivity contribution in [1.29, 1.82) is 0 Å². The molecule has 3 aromatic rings. The number of amides is 1. The van der Waals surface area contributed by atoms with Gasteiger partial charge in [-0.2, -0.15) is 0 Å². The van der Waals surface area contributed by atoms with Crippen LogP contribution in [0.1, 0.15) is 42.9 Å². The number of unbranched alkanes of at least 4 members (excludes halogenated alkanes) is 1. The van der Waals surface area contributed by atoms with Crippen molar-refractivity contribution in [3.63, 3.8) is 0 Å². The molecule has 1 radical (unpaired) electrons. The second kappa shape index (κ2) is 11.3. The van der Waals surface area contributed by atoms with Crippen molar-refractivity contribution in [2.75, 3.05) is 0 Å². The number of nitrogens with one attached hydrogen (secondary N) is 1. The van der Waals surface area contributed by atoms with E-state index in [4.69, 9.17) is 0 Å². The van der Waals surface area contributed by atoms with E-state index < -0.39 is 12.1 Å². The summed E-state index contributed by atoms with van der Waals surface area (Å²) in [6.45, 7) is 2.70. The van der Waals surface area contributed by atoms with Gasteiger partial charge in [0, 0.05) is 12.5 Å². The molecule has 0 spiro atoms. The summed E-state index contributed by atoms with van der Waals surface area (Å²) < 4.78 is 0. The molecule has 1 amide bonds. The quantitative estimate of drug-likeness (QED) is 0.478. The molecule has 0 aromatic heterocycles. The fourth-order valence-corrected chi connectivity index (χ4v) is 4.58. The molecule has 4 heteroatoms. The lowest BCUT2D eigenvalue weighted by atomic mass is 9.84. The molecule has 33 heavy (non-hydrogen) atoms. The maximum Gasteiger partial charge on any atom is 0.244 e. The van der Waals surface area contributed by atoms with Gasteiger partial charge in [-0.05, 0) is 29.5 Å². The molecule has 3 aromatic carbocycles. The first-order chi connectivity index (χ1) is 16.2. The molecule has 0 aliphatic carbocycles. The van der Waals surface area contributed by atoms with Gasteiger partial charge in [-0.1, -0.05) is 111 Å². The minimum atomic E-state index is -0.912. The number of carbonyl (C=O) groups is 1. The van der Waals surface area contributed by atoms with Gasteiger partial charge >= 0.3 is 0 Å². The van der Waals surface area contributed by atoms with Crippen LogP contribution in [0.25, 0.3) is 0 Å². The summed E-state index contributed by atoms with van der Waals surface area (Å²) >= 11 is 0. The van der Waals surface area contributed by atoms with Gasteiger partial charge < -0.3 is 10.0 Å². The van der Waals surface area contributed by atoms with Gasteiger partial charge in [0.05, 0.1) is 12.3 Å². The van der Waals surface area contributed by atoms with E-state index in [0.29, 0.717) is 13.0 Å². The van der Waals surface area contributed by atoms with Gasteiger partial charge in [0.25, 0.3) is 0 Å². The van der Waals surface area contributed by atoms with Gasteiger partial charge in [-0.25, -0.2) is 0 Å². The molecule has 3 atom stereocenters. The average Bonchev–Trinajstić information content (AvgIpc) is 3.17. The van der Waals surface area contributed by atoms with Crippen molar-refractivity contribution >= 4 is 5.91 Å². The van der Waals surface area contributed by atoms with E-state index in [0.717, 1.165) is 41.9 Å². The summed E-state index contributed by atoms with van der Waals surface area (Å²) in [7, 11) is 0. The SMILES string of the molecule is CCCCC1N[C@@H]([C@H](O)[C](Cc2ccccc2)c2ccccc2)C(=O)N1Cc1ccccc1. The number of hydrogen-bond donors (Lipinski definition) is 2. The number of aliphatic hydroxyl groups excluding tert-OH is 1. The topological polar surface area (TPSA) is 52.6 Å². The maximum absolute atomic E-state index is 13.6. The number of carbonyl (C=O) groups excluding carboxylic acids is 1. The van der Waals surface area contributed by atoms with Crippen LogP contribution in [0.5, 0.6) is 0 Å². The lowest BCUT2D eigenvalue weighted by molar-refractivity contribution is -0.132. The Morgan fingerprint density at radius 1 is 0.909 bits per heavy atom. The van der Waals surface area contributed by atoms with E-state index in [1.807, 2.05) is 83.8 Å². The number of aliphatic hydroxyl groups is 1. The van der Waals surface area contributed by atoms with Crippen LogP contribution in [0.3, 0.4) is 0 Å². The Kier molecular flexibility index (Phi) is 7.92. The van der Waals surface area contributed by atoms with E-state index >= 15 is 0 Å². The Balaban J connectivity index is 1.59. The molecule has 1 heterocycles. The van der Waals surface area contributed by atoms with Crippen molar-refractivity contribution in [2.24, 2.45) is 0 Å². The van der Waals surface area contributed by atoms with E-state index in [1.54, 1.807) is 0 Å². The van der Waals surface area contributed by atoms with E-state index in [2.05, 4.69) is 24.4 Å². The van der Waals surface area contributed by atoms with Crippen molar-refractivity contribution in [3.05, 3.63) is 114 Å². The monoisotopic (exact) mass is 441 g/mol. The van der Waals surface area contributed by atoms with Crippen LogP contribution in [-0.2, 0) is 17.8 Å². The van der Waals surface area contributed by atoms with Gasteiger partial charge in [0.2, 0.25) is 5.91 Å². The average molecular weight is 442 g/mol. The number of nitrogens with zero attached hydrogens (tertiary/aromatic N) is 1. The van der Waals surface area contributed by atoms with E-state index in [9.17, 15) is 9.90 Å². The third kappa shape index (κ3) is 5.70. The Bertz CT molecular complexity index is 994. The normalized spacial score (nSPS) is 19.2. The van der Waals surface area contributed by atoms with Gasteiger partial charge in [-0.3, -0.25) is 10.1 Å². The molecule has 0 bridgehead atoms. The van der Waals surface area contributed by atoms with Crippen LogP contribution in [0.2, 0.25) is 0 Å². The minimum absolute atomic E-state index is 0.0334. The Morgan fingerprint density at radius 3 is 2.09 bits per heavy atom. The predicted octanol–water partition coefficient (Wildman–Crippen LogP) is 4.73. The van der Waals surface area contributed by atoms with Crippen LogP contribution < -0.4 is 5.32 Å². The minimum Gasteiger partial charge on any atom is -0.390 e. The Labute approximate surface area is 197 Å². The first-order valence-electron chi connectivity index (χ1n) is 11.9. The molecule has 1 aliphatic heterocycles. The molecule has 4 nitrogen and oxygen atoms in total. The Morgan fingerprint density at radius 2 is 1.48 bits per heavy atom. The number of hydrogen-bond acceptors (Lipinski definition) is 3. The van der Waals surface area contributed by atoms with Crippen LogP contribution in [-0.4, -0.2) is 34.2 Å². The first kappa shape index (κ1) is 23.2. The second-order valence-electron chi connectivity index (χ2n) is 8.75. The van der Waals surface area contributed by atoms with Crippen LogP contribution in [0, 0.1) is 5.92 Å². The molecule has 2 N–H and O–H groups in total. The predicted molar refractivity (Wildman–Crippen MR) is 132 cm³/mol. The number of benzene rings is 3. The van der Waals surface area contributed by atoms with Crippen LogP contribution in [0.4, 0.5) is 0 Å².